The zero-order valence-electron chi connectivity index (χ0n) is 11.4. The van der Waals surface area contributed by atoms with Crippen molar-refractivity contribution in [1.82, 2.24) is 15.1 Å². The van der Waals surface area contributed by atoms with E-state index < -0.39 is 23.3 Å². The summed E-state index contributed by atoms with van der Waals surface area (Å²) < 4.78 is 14.8. The van der Waals surface area contributed by atoms with Crippen molar-refractivity contribution >= 4 is 23.0 Å². The maximum Gasteiger partial charge on any atom is 0.278 e. The van der Waals surface area contributed by atoms with Gasteiger partial charge in [0.15, 0.2) is 0 Å². The minimum Gasteiger partial charge on any atom is -0.357 e. The molecule has 0 radical (unpaired) electrons. The van der Waals surface area contributed by atoms with Crippen molar-refractivity contribution in [1.29, 1.82) is 0 Å². The molecule has 1 aromatic heterocycles. The van der Waals surface area contributed by atoms with Gasteiger partial charge in [-0.3, -0.25) is 9.59 Å². The Labute approximate surface area is 119 Å². The van der Waals surface area contributed by atoms with Crippen molar-refractivity contribution in [2.75, 3.05) is 7.05 Å². The van der Waals surface area contributed by atoms with Crippen LogP contribution in [0.2, 0.25) is 0 Å². The number of benzene rings is 1. The third-order valence-corrected chi connectivity index (χ3v) is 3.19. The lowest BCUT2D eigenvalue weighted by Crippen LogP contribution is -2.37. The third kappa shape index (κ3) is 2.81. The molecule has 21 heavy (non-hydrogen) atoms. The van der Waals surface area contributed by atoms with Crippen LogP contribution in [0.25, 0.3) is 10.8 Å². The summed E-state index contributed by atoms with van der Waals surface area (Å²) in [6, 6.07) is 3.27. The molecule has 0 aliphatic carbocycles. The summed E-state index contributed by atoms with van der Waals surface area (Å²) in [4.78, 5) is 34.7. The van der Waals surface area contributed by atoms with Gasteiger partial charge in [-0.1, -0.05) is 12.1 Å². The summed E-state index contributed by atoms with van der Waals surface area (Å²) in [5.41, 5.74) is -0.690. The van der Waals surface area contributed by atoms with Crippen molar-refractivity contribution in [3.63, 3.8) is 0 Å². The number of hydrogen-bond donors (Lipinski definition) is 1. The molecular weight excluding hydrogens is 277 g/mol. The maximum atomic E-state index is 13.8. The number of aromatic nitrogens is 2. The lowest BCUT2D eigenvalue weighted by molar-refractivity contribution is -0.124. The molecule has 1 N–H and O–H groups in total. The molecule has 0 saturated heterocycles. The molecular formula is C14H14FN3O3. The highest BCUT2D eigenvalue weighted by Crippen LogP contribution is 2.15. The van der Waals surface area contributed by atoms with Gasteiger partial charge in [0.25, 0.3) is 5.56 Å². The van der Waals surface area contributed by atoms with Gasteiger partial charge in [-0.15, -0.1) is 0 Å². The van der Waals surface area contributed by atoms with Crippen LogP contribution in [-0.4, -0.2) is 29.0 Å². The van der Waals surface area contributed by atoms with Gasteiger partial charge in [-0.05, 0) is 12.5 Å². The van der Waals surface area contributed by atoms with E-state index in [2.05, 4.69) is 10.4 Å². The quantitative estimate of drug-likeness (QED) is 0.826. The Balaban J connectivity index is 2.60. The molecule has 1 heterocycles. The van der Waals surface area contributed by atoms with Gasteiger partial charge in [0.1, 0.15) is 18.1 Å². The predicted molar refractivity (Wildman–Crippen MR) is 74.4 cm³/mol. The minimum atomic E-state index is -0.947. The van der Waals surface area contributed by atoms with Gasteiger partial charge in [0, 0.05) is 18.9 Å². The molecule has 7 heteroatoms. The Hall–Kier alpha value is -2.57. The number of halogens is 1. The van der Waals surface area contributed by atoms with Crippen LogP contribution in [0.3, 0.4) is 0 Å². The zero-order chi connectivity index (χ0) is 15.4. The van der Waals surface area contributed by atoms with E-state index in [1.807, 2.05) is 0 Å². The molecule has 0 bridgehead atoms. The summed E-state index contributed by atoms with van der Waals surface area (Å²) in [6.45, 7) is 0. The molecule has 0 aliphatic rings. The standard InChI is InChI=1S/C14H14FN3O3/c1-16-13(20)11(6-3-7-19)18-14(21)12-9(8-17-18)4-2-5-10(12)15/h2,4-5,7-8,11H,3,6H2,1H3,(H,16,20). The molecule has 6 nitrogen and oxygen atoms in total. The van der Waals surface area contributed by atoms with Crippen molar-refractivity contribution in [3.05, 3.63) is 40.6 Å². The number of carbonyl (C=O) groups excluding carboxylic acids is 2. The summed E-state index contributed by atoms with van der Waals surface area (Å²) >= 11 is 0. The lowest BCUT2D eigenvalue weighted by Gasteiger charge is -2.16. The highest BCUT2D eigenvalue weighted by Gasteiger charge is 2.22. The van der Waals surface area contributed by atoms with E-state index in [0.29, 0.717) is 11.7 Å². The number of fused-ring (bicyclic) bond motifs is 1. The molecule has 0 saturated carbocycles. The fourth-order valence-electron chi connectivity index (χ4n) is 2.14. The smallest absolute Gasteiger partial charge is 0.278 e. The van der Waals surface area contributed by atoms with E-state index in [4.69, 9.17) is 0 Å². The second-order valence-electron chi connectivity index (χ2n) is 4.47. The molecule has 1 aromatic carbocycles. The first-order chi connectivity index (χ1) is 10.1. The normalized spacial score (nSPS) is 12.1. The number of likely N-dealkylation sites (N-methyl/N-ethyl adjacent to an activating group) is 1. The van der Waals surface area contributed by atoms with Crippen molar-refractivity contribution in [3.8, 4) is 0 Å². The van der Waals surface area contributed by atoms with E-state index in [-0.39, 0.29) is 18.2 Å². The van der Waals surface area contributed by atoms with Gasteiger partial charge in [0.05, 0.1) is 11.6 Å². The molecule has 1 unspecified atom stereocenters. The fraction of sp³-hybridized carbons (Fsp3) is 0.286. The van der Waals surface area contributed by atoms with Crippen molar-refractivity contribution in [2.24, 2.45) is 0 Å². The van der Waals surface area contributed by atoms with Crippen LogP contribution >= 0.6 is 0 Å². The summed E-state index contributed by atoms with van der Waals surface area (Å²) in [5, 5.41) is 6.59. The van der Waals surface area contributed by atoms with Gasteiger partial charge < -0.3 is 10.1 Å². The molecule has 110 valence electrons. The van der Waals surface area contributed by atoms with Crippen LogP contribution in [0.5, 0.6) is 0 Å². The van der Waals surface area contributed by atoms with Gasteiger partial charge >= 0.3 is 0 Å². The minimum absolute atomic E-state index is 0.0987. The monoisotopic (exact) mass is 291 g/mol. The molecule has 0 spiro atoms. The SMILES string of the molecule is CNC(=O)C(CCC=O)n1ncc2cccc(F)c2c1=O. The second kappa shape index (κ2) is 6.25. The largest absolute Gasteiger partial charge is 0.357 e. The van der Waals surface area contributed by atoms with Gasteiger partial charge in [0.2, 0.25) is 5.91 Å². The molecule has 2 aromatic rings. The number of hydrogen-bond acceptors (Lipinski definition) is 4. The maximum absolute atomic E-state index is 13.8. The Morgan fingerprint density at radius 3 is 2.95 bits per heavy atom. The average molecular weight is 291 g/mol. The summed E-state index contributed by atoms with van der Waals surface area (Å²) in [5.74, 6) is -1.12. The molecule has 2 rings (SSSR count). The Kier molecular flexibility index (Phi) is 4.42. The zero-order valence-corrected chi connectivity index (χ0v) is 11.4. The molecule has 1 amide bonds. The second-order valence-corrected chi connectivity index (χ2v) is 4.47. The Morgan fingerprint density at radius 1 is 1.52 bits per heavy atom. The van der Waals surface area contributed by atoms with Crippen molar-refractivity contribution in [2.45, 2.75) is 18.9 Å². The lowest BCUT2D eigenvalue weighted by atomic mass is 10.1. The topological polar surface area (TPSA) is 81.1 Å². The van der Waals surface area contributed by atoms with Crippen LogP contribution in [0.4, 0.5) is 4.39 Å². The number of nitrogens with one attached hydrogen (secondary N) is 1. The predicted octanol–water partition coefficient (Wildman–Crippen LogP) is 0.802. The highest BCUT2D eigenvalue weighted by atomic mass is 19.1. The summed E-state index contributed by atoms with van der Waals surface area (Å²) in [7, 11) is 1.42. The van der Waals surface area contributed by atoms with Crippen LogP contribution in [0.1, 0.15) is 18.9 Å². The van der Waals surface area contributed by atoms with Crippen LogP contribution in [0.15, 0.2) is 29.2 Å². The first-order valence-electron chi connectivity index (χ1n) is 6.41. The van der Waals surface area contributed by atoms with Crippen LogP contribution < -0.4 is 10.9 Å². The third-order valence-electron chi connectivity index (χ3n) is 3.19. The number of rotatable bonds is 5. The Bertz CT molecular complexity index is 742. The highest BCUT2D eigenvalue weighted by molar-refractivity contribution is 5.83. The Morgan fingerprint density at radius 2 is 2.29 bits per heavy atom. The number of carbonyl (C=O) groups is 2. The number of nitrogens with zero attached hydrogens (tertiary/aromatic N) is 2. The van der Waals surface area contributed by atoms with Crippen LogP contribution in [0, 0.1) is 5.82 Å². The molecule has 1 atom stereocenters. The molecule has 0 fully saturated rings. The first kappa shape index (κ1) is 14.8. The fourth-order valence-corrected chi connectivity index (χ4v) is 2.14. The van der Waals surface area contributed by atoms with E-state index in [1.165, 1.54) is 25.4 Å². The van der Waals surface area contributed by atoms with Gasteiger partial charge in [-0.2, -0.15) is 5.10 Å². The number of aldehydes is 1. The first-order valence-corrected chi connectivity index (χ1v) is 6.41. The van der Waals surface area contributed by atoms with E-state index in [0.717, 1.165) is 4.68 Å². The van der Waals surface area contributed by atoms with E-state index in [9.17, 15) is 18.8 Å². The van der Waals surface area contributed by atoms with Crippen LogP contribution in [-0.2, 0) is 9.59 Å². The summed E-state index contributed by atoms with van der Waals surface area (Å²) in [6.07, 6.45) is 2.21. The van der Waals surface area contributed by atoms with Gasteiger partial charge in [-0.25, -0.2) is 9.07 Å². The van der Waals surface area contributed by atoms with E-state index in [1.54, 1.807) is 6.07 Å². The van der Waals surface area contributed by atoms with E-state index >= 15 is 0 Å². The molecule has 0 aliphatic heterocycles. The average Bonchev–Trinajstić information content (AvgIpc) is 2.49. The number of amides is 1. The van der Waals surface area contributed by atoms with Crippen molar-refractivity contribution < 1.29 is 14.0 Å².